The molecular weight excluding hydrogens is 180 g/mol. The van der Waals surface area contributed by atoms with E-state index in [0.717, 1.165) is 18.7 Å². The first-order chi connectivity index (χ1) is 6.70. The van der Waals surface area contributed by atoms with Gasteiger partial charge >= 0.3 is 5.97 Å². The predicted octanol–water partition coefficient (Wildman–Crippen LogP) is 1.57. The van der Waals surface area contributed by atoms with Crippen LogP contribution < -0.4 is 0 Å². The van der Waals surface area contributed by atoms with Crippen molar-refractivity contribution >= 4 is 5.97 Å². The molecule has 0 fully saturated rings. The van der Waals surface area contributed by atoms with Crippen molar-refractivity contribution in [3.63, 3.8) is 0 Å². The molecule has 14 heavy (non-hydrogen) atoms. The summed E-state index contributed by atoms with van der Waals surface area (Å²) in [6, 6.07) is -0.288. The van der Waals surface area contributed by atoms with Gasteiger partial charge in [-0.1, -0.05) is 6.92 Å². The Kier molecular flexibility index (Phi) is 3.68. The Labute approximate surface area is 83.9 Å². The van der Waals surface area contributed by atoms with Crippen LogP contribution in [0, 0.1) is 0 Å². The minimum Gasteiger partial charge on any atom is -0.467 e. The van der Waals surface area contributed by atoms with Gasteiger partial charge in [0.15, 0.2) is 0 Å². The number of nitrogens with zero attached hydrogens (tertiary/aromatic N) is 2. The average Bonchev–Trinajstić information content (AvgIpc) is 2.64. The van der Waals surface area contributed by atoms with Gasteiger partial charge in [0.05, 0.1) is 7.11 Å². The standard InChI is InChI=1S/C10H16N2O2/c1-4-5-9-11-6-7-12(9)8(2)10(13)14-3/h6-8H,4-5H2,1-3H3. The van der Waals surface area contributed by atoms with Crippen LogP contribution in [0.15, 0.2) is 12.4 Å². The van der Waals surface area contributed by atoms with E-state index in [0.29, 0.717) is 0 Å². The molecule has 0 saturated heterocycles. The number of imidazole rings is 1. The lowest BCUT2D eigenvalue weighted by molar-refractivity contribution is -0.144. The maximum Gasteiger partial charge on any atom is 0.328 e. The number of hydrogen-bond acceptors (Lipinski definition) is 3. The molecule has 0 spiro atoms. The van der Waals surface area contributed by atoms with E-state index in [4.69, 9.17) is 0 Å². The van der Waals surface area contributed by atoms with E-state index in [-0.39, 0.29) is 12.0 Å². The Morgan fingerprint density at radius 2 is 2.43 bits per heavy atom. The molecule has 0 aliphatic carbocycles. The molecule has 1 aromatic heterocycles. The summed E-state index contributed by atoms with van der Waals surface area (Å²) in [5.74, 6) is 0.700. The molecule has 0 saturated carbocycles. The maximum absolute atomic E-state index is 11.3. The number of carbonyl (C=O) groups is 1. The molecular formula is C10H16N2O2. The van der Waals surface area contributed by atoms with E-state index in [2.05, 4.69) is 16.6 Å². The first-order valence-electron chi connectivity index (χ1n) is 4.80. The van der Waals surface area contributed by atoms with Crippen LogP contribution in [0.3, 0.4) is 0 Å². The number of ether oxygens (including phenoxy) is 1. The van der Waals surface area contributed by atoms with Gasteiger partial charge in [0.25, 0.3) is 0 Å². The molecule has 1 rings (SSSR count). The third kappa shape index (κ3) is 2.13. The SMILES string of the molecule is CCCc1nccn1C(C)C(=O)OC. The molecule has 78 valence electrons. The number of hydrogen-bond donors (Lipinski definition) is 0. The largest absolute Gasteiger partial charge is 0.467 e. The average molecular weight is 196 g/mol. The first kappa shape index (κ1) is 10.8. The zero-order chi connectivity index (χ0) is 10.6. The zero-order valence-electron chi connectivity index (χ0n) is 8.86. The third-order valence-corrected chi connectivity index (χ3v) is 2.18. The predicted molar refractivity (Wildman–Crippen MR) is 52.9 cm³/mol. The molecule has 1 atom stereocenters. The molecule has 0 bridgehead atoms. The summed E-state index contributed by atoms with van der Waals surface area (Å²) >= 11 is 0. The molecule has 0 radical (unpaired) electrons. The van der Waals surface area contributed by atoms with Crippen LogP contribution in [0.25, 0.3) is 0 Å². The van der Waals surface area contributed by atoms with Gasteiger partial charge in [-0.3, -0.25) is 0 Å². The normalized spacial score (nSPS) is 12.5. The summed E-state index contributed by atoms with van der Waals surface area (Å²) in [4.78, 5) is 15.5. The summed E-state index contributed by atoms with van der Waals surface area (Å²) < 4.78 is 6.54. The Bertz CT molecular complexity index is 307. The third-order valence-electron chi connectivity index (χ3n) is 2.18. The lowest BCUT2D eigenvalue weighted by atomic mass is 10.3. The van der Waals surface area contributed by atoms with Crippen LogP contribution in [0.1, 0.15) is 32.1 Å². The van der Waals surface area contributed by atoms with E-state index < -0.39 is 0 Å². The lowest BCUT2D eigenvalue weighted by Crippen LogP contribution is -2.19. The number of rotatable bonds is 4. The number of aromatic nitrogens is 2. The quantitative estimate of drug-likeness (QED) is 0.686. The smallest absolute Gasteiger partial charge is 0.328 e. The van der Waals surface area contributed by atoms with Crippen molar-refractivity contribution in [1.29, 1.82) is 0 Å². The van der Waals surface area contributed by atoms with Gasteiger partial charge in [-0.2, -0.15) is 0 Å². The number of aryl methyl sites for hydroxylation is 1. The summed E-state index contributed by atoms with van der Waals surface area (Å²) in [7, 11) is 1.40. The first-order valence-corrected chi connectivity index (χ1v) is 4.80. The minimum atomic E-state index is -0.288. The van der Waals surface area contributed by atoms with Crippen LogP contribution in [0.2, 0.25) is 0 Å². The molecule has 0 aromatic carbocycles. The van der Waals surface area contributed by atoms with Crippen molar-refractivity contribution in [3.8, 4) is 0 Å². The van der Waals surface area contributed by atoms with Gasteiger partial charge in [-0.15, -0.1) is 0 Å². The second kappa shape index (κ2) is 4.79. The number of methoxy groups -OCH3 is 1. The van der Waals surface area contributed by atoms with Crippen molar-refractivity contribution in [2.24, 2.45) is 0 Å². The summed E-state index contributed by atoms with van der Waals surface area (Å²) in [5.41, 5.74) is 0. The lowest BCUT2D eigenvalue weighted by Gasteiger charge is -2.13. The second-order valence-electron chi connectivity index (χ2n) is 3.20. The van der Waals surface area contributed by atoms with Gasteiger partial charge in [0.1, 0.15) is 11.9 Å². The Balaban J connectivity index is 2.83. The molecule has 1 aromatic rings. The Morgan fingerprint density at radius 3 is 3.00 bits per heavy atom. The van der Waals surface area contributed by atoms with E-state index >= 15 is 0 Å². The number of esters is 1. The van der Waals surface area contributed by atoms with Gasteiger partial charge < -0.3 is 9.30 Å². The van der Waals surface area contributed by atoms with Gasteiger partial charge in [0.2, 0.25) is 0 Å². The van der Waals surface area contributed by atoms with Crippen LogP contribution in [0.4, 0.5) is 0 Å². The van der Waals surface area contributed by atoms with Crippen molar-refractivity contribution in [2.45, 2.75) is 32.7 Å². The minimum absolute atomic E-state index is 0.236. The summed E-state index contributed by atoms with van der Waals surface area (Å²) in [6.07, 6.45) is 5.43. The molecule has 1 unspecified atom stereocenters. The summed E-state index contributed by atoms with van der Waals surface area (Å²) in [5, 5.41) is 0. The Hall–Kier alpha value is -1.32. The molecule has 0 amide bonds. The Morgan fingerprint density at radius 1 is 1.71 bits per heavy atom. The van der Waals surface area contributed by atoms with Gasteiger partial charge in [0, 0.05) is 18.8 Å². The topological polar surface area (TPSA) is 44.1 Å². The van der Waals surface area contributed by atoms with Gasteiger partial charge in [-0.05, 0) is 13.3 Å². The molecule has 4 nitrogen and oxygen atoms in total. The molecule has 0 aliphatic heterocycles. The molecule has 0 N–H and O–H groups in total. The fourth-order valence-corrected chi connectivity index (χ4v) is 1.40. The van der Waals surface area contributed by atoms with Crippen molar-refractivity contribution in [2.75, 3.05) is 7.11 Å². The molecule has 4 heteroatoms. The van der Waals surface area contributed by atoms with Gasteiger partial charge in [-0.25, -0.2) is 9.78 Å². The van der Waals surface area contributed by atoms with E-state index in [1.165, 1.54) is 7.11 Å². The fourth-order valence-electron chi connectivity index (χ4n) is 1.40. The molecule has 1 heterocycles. The zero-order valence-corrected chi connectivity index (χ0v) is 8.86. The van der Waals surface area contributed by atoms with E-state index in [1.54, 1.807) is 6.20 Å². The van der Waals surface area contributed by atoms with Crippen LogP contribution >= 0.6 is 0 Å². The maximum atomic E-state index is 11.3. The van der Waals surface area contributed by atoms with E-state index in [1.807, 2.05) is 17.7 Å². The van der Waals surface area contributed by atoms with Crippen molar-refractivity contribution < 1.29 is 9.53 Å². The van der Waals surface area contributed by atoms with E-state index in [9.17, 15) is 4.79 Å². The second-order valence-corrected chi connectivity index (χ2v) is 3.20. The highest BCUT2D eigenvalue weighted by Crippen LogP contribution is 2.11. The summed E-state index contributed by atoms with van der Waals surface area (Å²) in [6.45, 7) is 3.90. The van der Waals surface area contributed by atoms with Crippen molar-refractivity contribution in [3.05, 3.63) is 18.2 Å². The molecule has 0 aliphatic rings. The fraction of sp³-hybridized carbons (Fsp3) is 0.600. The highest BCUT2D eigenvalue weighted by Gasteiger charge is 2.17. The van der Waals surface area contributed by atoms with Crippen LogP contribution in [0.5, 0.6) is 0 Å². The highest BCUT2D eigenvalue weighted by molar-refractivity contribution is 5.73. The van der Waals surface area contributed by atoms with Crippen LogP contribution in [-0.2, 0) is 16.0 Å². The van der Waals surface area contributed by atoms with Crippen LogP contribution in [-0.4, -0.2) is 22.6 Å². The number of carbonyl (C=O) groups excluding carboxylic acids is 1. The monoisotopic (exact) mass is 196 g/mol. The highest BCUT2D eigenvalue weighted by atomic mass is 16.5. The van der Waals surface area contributed by atoms with Crippen molar-refractivity contribution in [1.82, 2.24) is 9.55 Å².